The molecule has 0 amide bonds. The van der Waals surface area contributed by atoms with Gasteiger partial charge in [-0.2, -0.15) is 0 Å². The summed E-state index contributed by atoms with van der Waals surface area (Å²) in [7, 11) is -0.0723. The van der Waals surface area contributed by atoms with Crippen LogP contribution in [0.1, 0.15) is 26.3 Å². The predicted octanol–water partition coefficient (Wildman–Crippen LogP) is 9.76. The Kier molecular flexibility index (Phi) is 8.09. The predicted molar refractivity (Wildman–Crippen MR) is 152 cm³/mol. The first-order chi connectivity index (χ1) is 17.1. The van der Waals surface area contributed by atoms with Crippen LogP contribution >= 0.6 is 22.7 Å². The topological polar surface area (TPSA) is 80.8 Å². The first kappa shape index (κ1) is 26.3. The number of methoxy groups -OCH3 is 1. The first-order valence-electron chi connectivity index (χ1n) is 11.7. The second-order valence-corrected chi connectivity index (χ2v) is 16.7. The molecule has 0 atom stereocenters. The Morgan fingerprint density at radius 3 is 2.11 bits per heavy atom. The first-order valence-corrected chi connectivity index (χ1v) is 16.3. The highest BCUT2D eigenvalue weighted by atomic mass is 32.1. The second-order valence-electron chi connectivity index (χ2n) is 9.87. The van der Waals surface area contributed by atoms with Gasteiger partial charge in [-0.3, -0.25) is 0 Å². The van der Waals surface area contributed by atoms with Crippen molar-refractivity contribution >= 4 is 62.0 Å². The molecule has 0 aliphatic heterocycles. The molecule has 0 unspecified atom stereocenters. The summed E-state index contributed by atoms with van der Waals surface area (Å²) in [6.07, 6.45) is 0.898. The van der Waals surface area contributed by atoms with E-state index < -0.39 is 8.32 Å². The second kappa shape index (κ2) is 11.1. The van der Waals surface area contributed by atoms with Crippen LogP contribution in [0.25, 0.3) is 9.53 Å². The highest BCUT2D eigenvalue weighted by molar-refractivity contribution is 7.30. The lowest BCUT2D eigenvalue weighted by Gasteiger charge is -2.36. The fourth-order valence-corrected chi connectivity index (χ4v) is 5.92. The molecule has 2 heterocycles. The van der Waals surface area contributed by atoms with Crippen molar-refractivity contribution in [3.05, 3.63) is 60.2 Å². The molecule has 0 radical (unpaired) electrons. The molecule has 0 saturated heterocycles. The van der Waals surface area contributed by atoms with E-state index in [2.05, 4.69) is 71.4 Å². The van der Waals surface area contributed by atoms with Crippen molar-refractivity contribution in [2.24, 2.45) is 20.5 Å². The van der Waals surface area contributed by atoms with E-state index in [1.165, 1.54) is 28.2 Å². The molecule has 4 rings (SSSR count). The van der Waals surface area contributed by atoms with E-state index in [-0.39, 0.29) is 5.04 Å². The molecule has 0 aliphatic rings. The van der Waals surface area contributed by atoms with Gasteiger partial charge in [0.15, 0.2) is 8.32 Å². The van der Waals surface area contributed by atoms with Gasteiger partial charge in [-0.15, -0.1) is 20.5 Å². The molecule has 0 aliphatic carbocycles. The van der Waals surface area contributed by atoms with Gasteiger partial charge < -0.3 is 9.16 Å². The third-order valence-electron chi connectivity index (χ3n) is 6.25. The van der Waals surface area contributed by atoms with Crippen molar-refractivity contribution < 1.29 is 9.16 Å². The molecule has 2 aromatic carbocycles. The zero-order valence-electron chi connectivity index (χ0n) is 21.5. The maximum Gasteiger partial charge on any atom is 0.231 e. The molecule has 0 fully saturated rings. The van der Waals surface area contributed by atoms with Gasteiger partial charge >= 0.3 is 0 Å². The number of hydrogen-bond donors (Lipinski definition) is 0. The summed E-state index contributed by atoms with van der Waals surface area (Å²) >= 11 is 2.97. The lowest BCUT2D eigenvalue weighted by Crippen LogP contribution is -2.41. The molecule has 0 N–H and O–H groups in total. The Morgan fingerprint density at radius 2 is 1.50 bits per heavy atom. The fourth-order valence-electron chi connectivity index (χ4n) is 3.03. The number of thiophene rings is 1. The number of hydrogen-bond acceptors (Lipinski definition) is 9. The van der Waals surface area contributed by atoms with Gasteiger partial charge in [-0.25, -0.2) is 4.98 Å². The van der Waals surface area contributed by atoms with E-state index in [1.807, 2.05) is 42.5 Å². The van der Waals surface area contributed by atoms with Crippen molar-refractivity contribution in [3.63, 3.8) is 0 Å². The molecule has 36 heavy (non-hydrogen) atoms. The number of thiazole rings is 1. The maximum absolute atomic E-state index is 6.29. The van der Waals surface area contributed by atoms with Crippen molar-refractivity contribution in [3.8, 4) is 5.75 Å². The van der Waals surface area contributed by atoms with E-state index >= 15 is 0 Å². The minimum atomic E-state index is -1.71. The van der Waals surface area contributed by atoms with Crippen LogP contribution in [0.5, 0.6) is 5.75 Å². The summed E-state index contributed by atoms with van der Waals surface area (Å²) < 4.78 is 12.5. The van der Waals surface area contributed by atoms with Gasteiger partial charge in [-0.1, -0.05) is 55.6 Å². The number of azo groups is 2. The maximum atomic E-state index is 6.29. The van der Waals surface area contributed by atoms with Crippen LogP contribution in [0.15, 0.2) is 75.1 Å². The summed E-state index contributed by atoms with van der Waals surface area (Å²) in [5.74, 6) is 0.785. The van der Waals surface area contributed by atoms with Gasteiger partial charge in [0.05, 0.1) is 23.2 Å². The molecule has 0 saturated carbocycles. The van der Waals surface area contributed by atoms with Gasteiger partial charge in [0.25, 0.3) is 0 Å². The zero-order chi connectivity index (χ0) is 25.8. The molecule has 2 aromatic heterocycles. The highest BCUT2D eigenvalue weighted by Gasteiger charge is 2.36. The molecule has 0 bridgehead atoms. The summed E-state index contributed by atoms with van der Waals surface area (Å²) in [6, 6.07) is 17.6. The Bertz CT molecular complexity index is 1320. The molecule has 7 nitrogen and oxygen atoms in total. The third-order valence-corrected chi connectivity index (χ3v) is 12.7. The summed E-state index contributed by atoms with van der Waals surface area (Å²) in [5.41, 5.74) is 2.81. The van der Waals surface area contributed by atoms with Crippen molar-refractivity contribution in [2.45, 2.75) is 45.3 Å². The van der Waals surface area contributed by atoms with Crippen molar-refractivity contribution in [1.82, 2.24) is 4.98 Å². The minimum absolute atomic E-state index is 0.228. The number of nitrogens with zero attached hydrogens (tertiary/aromatic N) is 5. The summed E-state index contributed by atoms with van der Waals surface area (Å²) in [6.45, 7) is 12.1. The average molecular weight is 538 g/mol. The molecule has 188 valence electrons. The van der Waals surface area contributed by atoms with Crippen molar-refractivity contribution in [1.29, 1.82) is 0 Å². The highest BCUT2D eigenvalue weighted by Crippen LogP contribution is 2.39. The third kappa shape index (κ3) is 6.70. The van der Waals surface area contributed by atoms with Crippen molar-refractivity contribution in [2.75, 3.05) is 13.7 Å². The molecular weight excluding hydrogens is 507 g/mol. The fraction of sp³-hybridized carbons (Fsp3) is 0.346. The van der Waals surface area contributed by atoms with E-state index in [1.54, 1.807) is 7.11 Å². The van der Waals surface area contributed by atoms with Crippen LogP contribution in [0.4, 0.5) is 21.5 Å². The number of benzene rings is 2. The van der Waals surface area contributed by atoms with Gasteiger partial charge in [0, 0.05) is 6.61 Å². The largest absolute Gasteiger partial charge is 0.497 e. The van der Waals surface area contributed by atoms with Crippen LogP contribution in [0, 0.1) is 0 Å². The van der Waals surface area contributed by atoms with Gasteiger partial charge in [-0.05, 0) is 72.6 Å². The van der Waals surface area contributed by atoms with E-state index in [9.17, 15) is 0 Å². The Morgan fingerprint density at radius 1 is 0.861 bits per heavy atom. The normalized spacial score (nSPS) is 12.8. The Labute approximate surface area is 221 Å². The zero-order valence-corrected chi connectivity index (χ0v) is 24.1. The van der Waals surface area contributed by atoms with Crippen LogP contribution in [-0.4, -0.2) is 27.0 Å². The molecule has 10 heteroatoms. The summed E-state index contributed by atoms with van der Waals surface area (Å²) in [4.78, 5) is 5.43. The van der Waals surface area contributed by atoms with E-state index in [4.69, 9.17) is 9.16 Å². The standard InChI is InChI=1S/C26H31N5O2S2Si/c1-26(2,3)36(5,6)33-16-15-18-7-9-19(10-8-18)28-30-23-17-22-24(35-23)27-25(34-22)31-29-20-11-13-21(32-4)14-12-20/h7-14,17H,15-16H2,1-6H3. The van der Waals surface area contributed by atoms with Gasteiger partial charge in [0.1, 0.15) is 15.6 Å². The monoisotopic (exact) mass is 537 g/mol. The number of rotatable bonds is 9. The van der Waals surface area contributed by atoms with Crippen LogP contribution in [0.3, 0.4) is 0 Å². The quantitative estimate of drug-likeness (QED) is 0.157. The van der Waals surface area contributed by atoms with E-state index in [0.717, 1.165) is 44.7 Å². The van der Waals surface area contributed by atoms with Gasteiger partial charge in [0.2, 0.25) is 5.13 Å². The minimum Gasteiger partial charge on any atom is -0.497 e. The lowest BCUT2D eigenvalue weighted by molar-refractivity contribution is 0.292. The average Bonchev–Trinajstić information content (AvgIpc) is 3.40. The van der Waals surface area contributed by atoms with E-state index in [0.29, 0.717) is 5.13 Å². The van der Waals surface area contributed by atoms with Crippen LogP contribution in [-0.2, 0) is 10.8 Å². The Balaban J connectivity index is 1.32. The number of fused-ring (bicyclic) bond motifs is 1. The number of ether oxygens (including phenoxy) is 1. The number of aromatic nitrogens is 1. The van der Waals surface area contributed by atoms with Crippen LogP contribution < -0.4 is 4.74 Å². The summed E-state index contributed by atoms with van der Waals surface area (Å²) in [5, 5.41) is 19.0. The molecule has 4 aromatic rings. The smallest absolute Gasteiger partial charge is 0.231 e. The SMILES string of the molecule is COc1ccc(N=Nc2nc3sc(N=Nc4ccc(CCO[Si](C)(C)C(C)(C)C)cc4)cc3s2)cc1. The Hall–Kier alpha value is -2.79. The molecule has 0 spiro atoms. The lowest BCUT2D eigenvalue weighted by atomic mass is 10.1. The van der Waals surface area contributed by atoms with Crippen LogP contribution in [0.2, 0.25) is 18.1 Å². The molecular formula is C26H31N5O2S2Si.